The van der Waals surface area contributed by atoms with Gasteiger partial charge in [0.05, 0.1) is 24.2 Å². The van der Waals surface area contributed by atoms with Gasteiger partial charge in [0.25, 0.3) is 5.91 Å². The number of nitrogens with one attached hydrogen (secondary N) is 1. The number of amidine groups is 1. The van der Waals surface area contributed by atoms with Crippen LogP contribution in [0.1, 0.15) is 29.5 Å². The lowest BCUT2D eigenvalue weighted by atomic mass is 10.0. The number of hydroxylamine groups is 2. The molecule has 3 rings (SSSR count). The number of nitrogens with zero attached hydrogens (tertiary/aromatic N) is 1. The summed E-state index contributed by atoms with van der Waals surface area (Å²) in [7, 11) is 0. The highest BCUT2D eigenvalue weighted by Gasteiger charge is 2.39. The Morgan fingerprint density at radius 3 is 2.34 bits per heavy atom. The van der Waals surface area contributed by atoms with Gasteiger partial charge in [0.15, 0.2) is 17.5 Å². The van der Waals surface area contributed by atoms with Gasteiger partial charge >= 0.3 is 6.18 Å². The number of amides is 1. The molecule has 1 saturated carbocycles. The average Bonchev–Trinajstić information content (AvgIpc) is 3.48. The summed E-state index contributed by atoms with van der Waals surface area (Å²) in [5.74, 6) is -5.38. The van der Waals surface area contributed by atoms with Crippen molar-refractivity contribution in [3.05, 3.63) is 70.8 Å². The Morgan fingerprint density at radius 1 is 1.10 bits per heavy atom. The van der Waals surface area contributed by atoms with E-state index in [1.807, 2.05) is 0 Å². The summed E-state index contributed by atoms with van der Waals surface area (Å²) in [5.41, 5.74) is -2.40. The van der Waals surface area contributed by atoms with E-state index >= 15 is 0 Å². The summed E-state index contributed by atoms with van der Waals surface area (Å²) in [5, 5.41) is 8.41. The van der Waals surface area contributed by atoms with Crippen LogP contribution in [0.25, 0.3) is 0 Å². The molecule has 1 amide bonds. The maximum absolute atomic E-state index is 14.3. The molecule has 0 heterocycles. The molecule has 0 aromatic heterocycles. The van der Waals surface area contributed by atoms with Gasteiger partial charge in [-0.25, -0.2) is 8.78 Å². The SMILES string of the molecule is N=C(c1c(C(F)(F)F)ccc(F)c1F)N(OCC1CC1)C(=O)Cc1ccccc1. The number of benzene rings is 2. The summed E-state index contributed by atoms with van der Waals surface area (Å²) in [6, 6.07) is 8.94. The van der Waals surface area contributed by atoms with E-state index in [0.717, 1.165) is 12.8 Å². The Kier molecular flexibility index (Phi) is 5.97. The Morgan fingerprint density at radius 2 is 1.76 bits per heavy atom. The van der Waals surface area contributed by atoms with Gasteiger partial charge in [-0.05, 0) is 36.5 Å². The van der Waals surface area contributed by atoms with Crippen molar-refractivity contribution in [2.24, 2.45) is 5.92 Å². The summed E-state index contributed by atoms with van der Waals surface area (Å²) >= 11 is 0. The van der Waals surface area contributed by atoms with E-state index in [-0.39, 0.29) is 18.9 Å². The van der Waals surface area contributed by atoms with Crippen LogP contribution in [0.5, 0.6) is 0 Å². The van der Waals surface area contributed by atoms with E-state index in [1.165, 1.54) is 0 Å². The maximum atomic E-state index is 14.3. The molecular formula is C20H17F5N2O2. The van der Waals surface area contributed by atoms with Crippen molar-refractivity contribution < 1.29 is 31.6 Å². The predicted molar refractivity (Wildman–Crippen MR) is 93.9 cm³/mol. The lowest BCUT2D eigenvalue weighted by Crippen LogP contribution is -2.40. The minimum atomic E-state index is -5.05. The van der Waals surface area contributed by atoms with Crippen LogP contribution in [0.15, 0.2) is 42.5 Å². The predicted octanol–water partition coefficient (Wildman–Crippen LogP) is 4.72. The zero-order valence-corrected chi connectivity index (χ0v) is 15.1. The lowest BCUT2D eigenvalue weighted by molar-refractivity contribution is -0.164. The lowest BCUT2D eigenvalue weighted by Gasteiger charge is -2.24. The van der Waals surface area contributed by atoms with Crippen molar-refractivity contribution in [2.75, 3.05) is 6.61 Å². The third-order valence-electron chi connectivity index (χ3n) is 4.40. The molecule has 0 bridgehead atoms. The molecule has 1 aliphatic carbocycles. The van der Waals surface area contributed by atoms with Crippen molar-refractivity contribution in [1.82, 2.24) is 5.06 Å². The Labute approximate surface area is 163 Å². The molecule has 4 nitrogen and oxygen atoms in total. The second kappa shape index (κ2) is 8.28. The van der Waals surface area contributed by atoms with Gasteiger partial charge in [0.1, 0.15) is 0 Å². The molecule has 0 saturated heterocycles. The highest BCUT2D eigenvalue weighted by atomic mass is 19.4. The third-order valence-corrected chi connectivity index (χ3v) is 4.40. The highest BCUT2D eigenvalue weighted by Crippen LogP contribution is 2.35. The monoisotopic (exact) mass is 412 g/mol. The number of rotatable bonds is 6. The molecule has 2 aromatic carbocycles. The van der Waals surface area contributed by atoms with Crippen molar-refractivity contribution in [3.8, 4) is 0 Å². The Balaban J connectivity index is 1.96. The third kappa shape index (κ3) is 4.97. The largest absolute Gasteiger partial charge is 0.417 e. The van der Waals surface area contributed by atoms with Crippen LogP contribution in [0.4, 0.5) is 22.0 Å². The highest BCUT2D eigenvalue weighted by molar-refractivity contribution is 6.06. The molecule has 0 radical (unpaired) electrons. The van der Waals surface area contributed by atoms with E-state index in [0.29, 0.717) is 22.8 Å². The standard InChI is InChI=1S/C20H17F5N2O2/c21-15-9-8-14(20(23,24)25)17(18(15)22)19(26)27(29-11-13-6-7-13)16(28)10-12-4-2-1-3-5-12/h1-5,8-9,13,26H,6-7,10-11H2. The van der Waals surface area contributed by atoms with E-state index in [9.17, 15) is 26.7 Å². The van der Waals surface area contributed by atoms with E-state index < -0.39 is 40.7 Å². The van der Waals surface area contributed by atoms with Crippen LogP contribution >= 0.6 is 0 Å². The van der Waals surface area contributed by atoms with Crippen molar-refractivity contribution in [2.45, 2.75) is 25.4 Å². The summed E-state index contributed by atoms with van der Waals surface area (Å²) < 4.78 is 67.9. The second-order valence-corrected chi connectivity index (χ2v) is 6.72. The van der Waals surface area contributed by atoms with Gasteiger partial charge in [0.2, 0.25) is 0 Å². The van der Waals surface area contributed by atoms with Crippen molar-refractivity contribution in [1.29, 1.82) is 5.41 Å². The minimum Gasteiger partial charge on any atom is -0.282 e. The quantitative estimate of drug-likeness (QED) is 0.323. The maximum Gasteiger partial charge on any atom is 0.417 e. The number of hydrogen-bond acceptors (Lipinski definition) is 3. The zero-order chi connectivity index (χ0) is 21.2. The van der Waals surface area contributed by atoms with Gasteiger partial charge in [-0.15, -0.1) is 0 Å². The molecule has 1 aliphatic rings. The molecule has 29 heavy (non-hydrogen) atoms. The van der Waals surface area contributed by atoms with Gasteiger partial charge < -0.3 is 0 Å². The van der Waals surface area contributed by atoms with Gasteiger partial charge in [0, 0.05) is 0 Å². The molecular weight excluding hydrogens is 395 g/mol. The van der Waals surface area contributed by atoms with Crippen LogP contribution in [-0.4, -0.2) is 23.4 Å². The van der Waals surface area contributed by atoms with Crippen LogP contribution < -0.4 is 0 Å². The molecule has 2 aromatic rings. The molecule has 0 aliphatic heterocycles. The van der Waals surface area contributed by atoms with Gasteiger partial charge in [-0.1, -0.05) is 30.3 Å². The first-order chi connectivity index (χ1) is 13.7. The van der Waals surface area contributed by atoms with E-state index in [4.69, 9.17) is 10.2 Å². The van der Waals surface area contributed by atoms with E-state index in [2.05, 4.69) is 0 Å². The minimum absolute atomic E-state index is 0.0127. The van der Waals surface area contributed by atoms with Crippen LogP contribution in [-0.2, 0) is 22.2 Å². The fourth-order valence-electron chi connectivity index (χ4n) is 2.69. The average molecular weight is 412 g/mol. The van der Waals surface area contributed by atoms with Crippen LogP contribution in [0.2, 0.25) is 0 Å². The van der Waals surface area contributed by atoms with Crippen LogP contribution in [0.3, 0.4) is 0 Å². The molecule has 154 valence electrons. The summed E-state index contributed by atoms with van der Waals surface area (Å²) in [4.78, 5) is 18.0. The smallest absolute Gasteiger partial charge is 0.282 e. The molecule has 0 unspecified atom stereocenters. The second-order valence-electron chi connectivity index (χ2n) is 6.72. The first kappa shape index (κ1) is 20.9. The molecule has 1 fully saturated rings. The summed E-state index contributed by atoms with van der Waals surface area (Å²) in [6.07, 6.45) is -3.71. The van der Waals surface area contributed by atoms with Crippen molar-refractivity contribution >= 4 is 11.7 Å². The number of carbonyl (C=O) groups excluding carboxylic acids is 1. The fraction of sp³-hybridized carbons (Fsp3) is 0.300. The Hall–Kier alpha value is -2.81. The van der Waals surface area contributed by atoms with Gasteiger partial charge in [-0.3, -0.25) is 15.0 Å². The normalized spacial score (nSPS) is 14.0. The number of alkyl halides is 3. The first-order valence-electron chi connectivity index (χ1n) is 8.82. The summed E-state index contributed by atoms with van der Waals surface area (Å²) in [6.45, 7) is -0.0127. The topological polar surface area (TPSA) is 53.4 Å². The molecule has 1 N–H and O–H groups in total. The number of carbonyl (C=O) groups is 1. The first-order valence-corrected chi connectivity index (χ1v) is 8.82. The Bertz CT molecular complexity index is 911. The van der Waals surface area contributed by atoms with Crippen LogP contribution in [0, 0.1) is 23.0 Å². The number of halogens is 5. The number of hydrogen-bond donors (Lipinski definition) is 1. The molecule has 9 heteroatoms. The van der Waals surface area contributed by atoms with E-state index in [1.54, 1.807) is 30.3 Å². The van der Waals surface area contributed by atoms with Crippen molar-refractivity contribution in [3.63, 3.8) is 0 Å². The van der Waals surface area contributed by atoms with Gasteiger partial charge in [-0.2, -0.15) is 18.2 Å². The molecule has 0 atom stereocenters. The fourth-order valence-corrected chi connectivity index (χ4v) is 2.69. The molecule has 0 spiro atoms. The zero-order valence-electron chi connectivity index (χ0n) is 15.1.